The highest BCUT2D eigenvalue weighted by molar-refractivity contribution is 8.00. The molecule has 0 aliphatic heterocycles. The Morgan fingerprint density at radius 2 is 1.79 bits per heavy atom. The molecule has 1 amide bonds. The molecular weight excluding hydrogens is 368 g/mol. The number of hydrogen-bond donors (Lipinski definition) is 1. The summed E-state index contributed by atoms with van der Waals surface area (Å²) in [5.74, 6) is -0.165. The lowest BCUT2D eigenvalue weighted by atomic mass is 9.90. The summed E-state index contributed by atoms with van der Waals surface area (Å²) < 4.78 is 2.07. The van der Waals surface area contributed by atoms with Gasteiger partial charge in [0.25, 0.3) is 0 Å². The van der Waals surface area contributed by atoms with Gasteiger partial charge in [0.05, 0.1) is 22.4 Å². The zero-order chi connectivity index (χ0) is 20.3. The predicted octanol–water partition coefficient (Wildman–Crippen LogP) is 4.56. The Labute approximate surface area is 169 Å². The summed E-state index contributed by atoms with van der Waals surface area (Å²) in [7, 11) is 0. The molecule has 0 saturated carbocycles. The lowest BCUT2D eigenvalue weighted by Gasteiger charge is -2.28. The van der Waals surface area contributed by atoms with Crippen molar-refractivity contribution in [1.82, 2.24) is 14.9 Å². The van der Waals surface area contributed by atoms with Gasteiger partial charge in [0, 0.05) is 5.69 Å². The smallest absolute Gasteiger partial charge is 0.234 e. The van der Waals surface area contributed by atoms with Gasteiger partial charge in [0.2, 0.25) is 5.91 Å². The first-order valence-corrected chi connectivity index (χ1v) is 10.2. The van der Waals surface area contributed by atoms with E-state index in [1.165, 1.54) is 11.8 Å². The highest BCUT2D eigenvalue weighted by Crippen LogP contribution is 2.30. The SMILES string of the molecule is CC(Sc1nc2ccccc2n1-c1ccccc1)C(=O)NC(C)(C#N)C(C)C. The number of fused-ring (bicyclic) bond motifs is 1. The number of rotatable bonds is 6. The van der Waals surface area contributed by atoms with Gasteiger partial charge in [-0.05, 0) is 44.0 Å². The molecule has 6 heteroatoms. The van der Waals surface area contributed by atoms with Crippen LogP contribution in [-0.2, 0) is 4.79 Å². The number of carbonyl (C=O) groups is 1. The Bertz CT molecular complexity index is 1020. The minimum Gasteiger partial charge on any atom is -0.337 e. The third-order valence-electron chi connectivity index (χ3n) is 4.97. The molecule has 0 radical (unpaired) electrons. The van der Waals surface area contributed by atoms with Gasteiger partial charge in [0.15, 0.2) is 5.16 Å². The molecule has 1 N–H and O–H groups in total. The number of nitriles is 1. The largest absolute Gasteiger partial charge is 0.337 e. The molecule has 2 aromatic carbocycles. The number of para-hydroxylation sites is 3. The number of nitrogens with one attached hydrogen (secondary N) is 1. The Kier molecular flexibility index (Phi) is 5.76. The van der Waals surface area contributed by atoms with Gasteiger partial charge in [-0.1, -0.05) is 55.9 Å². The third kappa shape index (κ3) is 3.90. The van der Waals surface area contributed by atoms with Crippen LogP contribution >= 0.6 is 11.8 Å². The third-order valence-corrected chi connectivity index (χ3v) is 6.02. The van der Waals surface area contributed by atoms with Crippen molar-refractivity contribution in [3.8, 4) is 11.8 Å². The zero-order valence-corrected chi connectivity index (χ0v) is 17.3. The molecule has 28 heavy (non-hydrogen) atoms. The van der Waals surface area contributed by atoms with Crippen LogP contribution in [0.3, 0.4) is 0 Å². The maximum atomic E-state index is 12.8. The summed E-state index contributed by atoms with van der Waals surface area (Å²) in [6.45, 7) is 7.45. The Hall–Kier alpha value is -2.78. The summed E-state index contributed by atoms with van der Waals surface area (Å²) in [6.07, 6.45) is 0. The number of carbonyl (C=O) groups excluding carboxylic acids is 1. The molecule has 5 nitrogen and oxygen atoms in total. The molecule has 0 saturated heterocycles. The first kappa shape index (κ1) is 20.0. The average Bonchev–Trinajstić information content (AvgIpc) is 3.06. The quantitative estimate of drug-likeness (QED) is 0.624. The molecule has 0 bridgehead atoms. The lowest BCUT2D eigenvalue weighted by Crippen LogP contribution is -2.51. The monoisotopic (exact) mass is 392 g/mol. The predicted molar refractivity (Wildman–Crippen MR) is 113 cm³/mol. The van der Waals surface area contributed by atoms with Crippen LogP contribution < -0.4 is 5.32 Å². The summed E-state index contributed by atoms with van der Waals surface area (Å²) in [5, 5.41) is 12.7. The summed E-state index contributed by atoms with van der Waals surface area (Å²) in [5.41, 5.74) is 1.97. The molecule has 1 heterocycles. The van der Waals surface area contributed by atoms with E-state index in [-0.39, 0.29) is 11.8 Å². The van der Waals surface area contributed by atoms with Crippen molar-refractivity contribution in [3.05, 3.63) is 54.6 Å². The molecule has 3 aromatic rings. The van der Waals surface area contributed by atoms with Crippen LogP contribution in [0, 0.1) is 17.2 Å². The number of benzene rings is 2. The van der Waals surface area contributed by atoms with Crippen molar-refractivity contribution in [2.75, 3.05) is 0 Å². The Morgan fingerprint density at radius 1 is 1.14 bits per heavy atom. The number of imidazole rings is 1. The van der Waals surface area contributed by atoms with Crippen LogP contribution in [0.4, 0.5) is 0 Å². The standard InChI is InChI=1S/C22H24N4OS/c1-15(2)22(4,14-23)25-20(27)16(3)28-21-24-18-12-8-9-13-19(18)26(21)17-10-6-5-7-11-17/h5-13,15-16H,1-4H3,(H,25,27). The molecule has 144 valence electrons. The van der Waals surface area contributed by atoms with Crippen molar-refractivity contribution >= 4 is 28.7 Å². The molecule has 1 aromatic heterocycles. The van der Waals surface area contributed by atoms with Gasteiger partial charge in [-0.15, -0.1) is 0 Å². The van der Waals surface area contributed by atoms with Gasteiger partial charge >= 0.3 is 0 Å². The van der Waals surface area contributed by atoms with E-state index in [0.29, 0.717) is 0 Å². The number of nitrogens with zero attached hydrogens (tertiary/aromatic N) is 3. The summed E-state index contributed by atoms with van der Waals surface area (Å²) in [4.78, 5) is 17.5. The average molecular weight is 393 g/mol. The van der Waals surface area contributed by atoms with E-state index in [1.807, 2.05) is 75.4 Å². The van der Waals surface area contributed by atoms with Gasteiger partial charge in [-0.2, -0.15) is 5.26 Å². The molecular formula is C22H24N4OS. The van der Waals surface area contributed by atoms with E-state index >= 15 is 0 Å². The topological polar surface area (TPSA) is 70.7 Å². The van der Waals surface area contributed by atoms with E-state index in [1.54, 1.807) is 6.92 Å². The van der Waals surface area contributed by atoms with Crippen LogP contribution in [0.5, 0.6) is 0 Å². The van der Waals surface area contributed by atoms with Crippen LogP contribution in [-0.4, -0.2) is 26.2 Å². The van der Waals surface area contributed by atoms with Crippen molar-refractivity contribution in [1.29, 1.82) is 5.26 Å². The first-order valence-electron chi connectivity index (χ1n) is 9.28. The minimum atomic E-state index is -0.897. The van der Waals surface area contributed by atoms with Gasteiger partial charge in [-0.25, -0.2) is 4.98 Å². The minimum absolute atomic E-state index is 0.00698. The summed E-state index contributed by atoms with van der Waals surface area (Å²) in [6, 6.07) is 20.1. The highest BCUT2D eigenvalue weighted by atomic mass is 32.2. The van der Waals surface area contributed by atoms with Crippen LogP contribution in [0.25, 0.3) is 16.7 Å². The molecule has 2 atom stereocenters. The fourth-order valence-corrected chi connectivity index (χ4v) is 3.72. The van der Waals surface area contributed by atoms with Gasteiger partial charge in [-0.3, -0.25) is 9.36 Å². The fourth-order valence-electron chi connectivity index (χ4n) is 2.78. The summed E-state index contributed by atoms with van der Waals surface area (Å²) >= 11 is 1.39. The van der Waals surface area contributed by atoms with Crippen molar-refractivity contribution in [2.24, 2.45) is 5.92 Å². The van der Waals surface area contributed by atoms with E-state index in [4.69, 9.17) is 4.98 Å². The van der Waals surface area contributed by atoms with E-state index in [0.717, 1.165) is 21.9 Å². The van der Waals surface area contributed by atoms with E-state index in [9.17, 15) is 10.1 Å². The second-order valence-corrected chi connectivity index (χ2v) is 8.58. The second-order valence-electron chi connectivity index (χ2n) is 7.27. The first-order chi connectivity index (χ1) is 13.4. The van der Waals surface area contributed by atoms with Gasteiger partial charge < -0.3 is 5.32 Å². The van der Waals surface area contributed by atoms with E-state index < -0.39 is 10.8 Å². The fraction of sp³-hybridized carbons (Fsp3) is 0.318. The Morgan fingerprint density at radius 3 is 2.43 bits per heavy atom. The van der Waals surface area contributed by atoms with Crippen molar-refractivity contribution in [3.63, 3.8) is 0 Å². The number of aromatic nitrogens is 2. The van der Waals surface area contributed by atoms with Gasteiger partial charge in [0.1, 0.15) is 5.54 Å². The maximum absolute atomic E-state index is 12.8. The lowest BCUT2D eigenvalue weighted by molar-refractivity contribution is -0.121. The molecule has 0 fully saturated rings. The number of amides is 1. The maximum Gasteiger partial charge on any atom is 0.234 e. The molecule has 0 spiro atoms. The van der Waals surface area contributed by atoms with Crippen molar-refractivity contribution in [2.45, 2.75) is 43.6 Å². The molecule has 2 unspecified atom stereocenters. The Balaban J connectivity index is 1.92. The highest BCUT2D eigenvalue weighted by Gasteiger charge is 2.32. The number of thioether (sulfide) groups is 1. The van der Waals surface area contributed by atoms with Crippen molar-refractivity contribution < 1.29 is 4.79 Å². The molecule has 0 aliphatic carbocycles. The normalized spacial score (nSPS) is 14.4. The van der Waals surface area contributed by atoms with Crippen LogP contribution in [0.1, 0.15) is 27.7 Å². The molecule has 3 rings (SSSR count). The van der Waals surface area contributed by atoms with Crippen LogP contribution in [0.2, 0.25) is 0 Å². The second kappa shape index (κ2) is 8.07. The number of hydrogen-bond acceptors (Lipinski definition) is 4. The molecule has 0 aliphatic rings. The zero-order valence-electron chi connectivity index (χ0n) is 16.5. The van der Waals surface area contributed by atoms with Crippen LogP contribution in [0.15, 0.2) is 59.8 Å². The van der Waals surface area contributed by atoms with E-state index in [2.05, 4.69) is 16.0 Å².